The molecule has 2 fully saturated rings. The van der Waals surface area contributed by atoms with Gasteiger partial charge in [0.15, 0.2) is 0 Å². The maximum atomic E-state index is 13.0. The fourth-order valence-electron chi connectivity index (χ4n) is 4.55. The van der Waals surface area contributed by atoms with Crippen molar-refractivity contribution in [3.8, 4) is 0 Å². The third-order valence-electron chi connectivity index (χ3n) is 6.43. The van der Waals surface area contributed by atoms with Crippen LogP contribution in [0.1, 0.15) is 49.7 Å². The van der Waals surface area contributed by atoms with E-state index in [-0.39, 0.29) is 0 Å². The molecule has 1 N–H and O–H groups in total. The second-order valence-corrected chi connectivity index (χ2v) is 8.30. The van der Waals surface area contributed by atoms with Gasteiger partial charge < -0.3 is 10.2 Å². The maximum absolute atomic E-state index is 13.0. The summed E-state index contributed by atoms with van der Waals surface area (Å²) in [5.74, 6) is 1.00. The second kappa shape index (κ2) is 6.99. The first kappa shape index (κ1) is 16.9. The number of amides is 1. The fourth-order valence-corrected chi connectivity index (χ4v) is 4.55. The van der Waals surface area contributed by atoms with Gasteiger partial charge in [-0.1, -0.05) is 18.2 Å². The highest BCUT2D eigenvalue weighted by Gasteiger charge is 2.34. The number of anilines is 1. The predicted molar refractivity (Wildman–Crippen MR) is 102 cm³/mol. The third-order valence-corrected chi connectivity index (χ3v) is 6.43. The van der Waals surface area contributed by atoms with Gasteiger partial charge in [-0.3, -0.25) is 9.69 Å². The zero-order valence-electron chi connectivity index (χ0n) is 15.6. The quantitative estimate of drug-likeness (QED) is 0.895. The number of carbonyl (C=O) groups excluding carboxylic acids is 1. The smallest absolute Gasteiger partial charge is 0.223 e. The molecule has 1 aliphatic carbocycles. The Morgan fingerprint density at radius 3 is 2.76 bits per heavy atom. The summed E-state index contributed by atoms with van der Waals surface area (Å²) >= 11 is 0. The van der Waals surface area contributed by atoms with E-state index in [9.17, 15) is 4.79 Å². The Hall–Kier alpha value is -1.55. The predicted octanol–water partition coefficient (Wildman–Crippen LogP) is 3.40. The van der Waals surface area contributed by atoms with Gasteiger partial charge in [-0.25, -0.2) is 0 Å². The number of likely N-dealkylation sites (N-methyl/N-ethyl adjacent to an activating group) is 1. The van der Waals surface area contributed by atoms with E-state index in [0.717, 1.165) is 26.1 Å². The molecule has 0 aromatic heterocycles. The number of carbonyl (C=O) groups is 1. The van der Waals surface area contributed by atoms with Crippen LogP contribution >= 0.6 is 0 Å². The summed E-state index contributed by atoms with van der Waals surface area (Å²) in [6.07, 6.45) is 6.87. The van der Waals surface area contributed by atoms with Crippen LogP contribution < -0.4 is 5.32 Å². The zero-order chi connectivity index (χ0) is 17.4. The summed E-state index contributed by atoms with van der Waals surface area (Å²) in [6, 6.07) is 7.63. The molecule has 4 nitrogen and oxygen atoms in total. The first-order chi connectivity index (χ1) is 12.1. The van der Waals surface area contributed by atoms with E-state index in [1.807, 2.05) is 0 Å². The van der Waals surface area contributed by atoms with Crippen LogP contribution in [-0.2, 0) is 11.3 Å². The molecule has 1 aromatic rings. The van der Waals surface area contributed by atoms with Crippen molar-refractivity contribution in [3.63, 3.8) is 0 Å². The van der Waals surface area contributed by atoms with Gasteiger partial charge in [0, 0.05) is 43.8 Å². The molecule has 25 heavy (non-hydrogen) atoms. The molecule has 1 amide bonds. The average molecular weight is 341 g/mol. The van der Waals surface area contributed by atoms with Gasteiger partial charge in [0.25, 0.3) is 0 Å². The van der Waals surface area contributed by atoms with Crippen molar-refractivity contribution >= 4 is 11.6 Å². The number of fused-ring (bicyclic) bond motifs is 3. The van der Waals surface area contributed by atoms with Crippen LogP contribution in [0.3, 0.4) is 0 Å². The Kier molecular flexibility index (Phi) is 4.72. The first-order valence-electron chi connectivity index (χ1n) is 9.94. The second-order valence-electron chi connectivity index (χ2n) is 8.30. The van der Waals surface area contributed by atoms with Crippen LogP contribution in [0.15, 0.2) is 18.2 Å². The van der Waals surface area contributed by atoms with E-state index in [1.165, 1.54) is 48.9 Å². The number of hydrogen-bond acceptors (Lipinski definition) is 3. The van der Waals surface area contributed by atoms with E-state index < -0.39 is 0 Å². The van der Waals surface area contributed by atoms with E-state index in [1.54, 1.807) is 0 Å². The molecule has 1 aromatic carbocycles. The van der Waals surface area contributed by atoms with E-state index in [0.29, 0.717) is 23.9 Å². The number of hydrogen-bond donors (Lipinski definition) is 1. The topological polar surface area (TPSA) is 35.6 Å². The van der Waals surface area contributed by atoms with Crippen molar-refractivity contribution in [3.05, 3.63) is 29.3 Å². The van der Waals surface area contributed by atoms with Crippen LogP contribution in [0.2, 0.25) is 0 Å². The van der Waals surface area contributed by atoms with Crippen LogP contribution in [0, 0.1) is 12.8 Å². The first-order valence-corrected chi connectivity index (χ1v) is 9.94. The molecule has 0 radical (unpaired) electrons. The van der Waals surface area contributed by atoms with Gasteiger partial charge in [0.05, 0.1) is 0 Å². The Bertz CT molecular complexity index is 640. The standard InChI is InChI=1S/C21H31N3O/c1-15-4-3-5-17-13-24(20(25)12-16-6-7-16)14-19-9-8-18(23(19)2)10-11-22-21(15)17/h3-5,16,18-19,22H,6-14H2,1-2H3. The summed E-state index contributed by atoms with van der Waals surface area (Å²) in [7, 11) is 2.25. The van der Waals surface area contributed by atoms with E-state index in [2.05, 4.69) is 47.3 Å². The van der Waals surface area contributed by atoms with Crippen molar-refractivity contribution in [2.75, 3.05) is 25.5 Å². The number of aryl methyl sites for hydroxylation is 1. The molecule has 2 heterocycles. The highest BCUT2D eigenvalue weighted by molar-refractivity contribution is 5.77. The van der Waals surface area contributed by atoms with Crippen molar-refractivity contribution in [1.82, 2.24) is 9.80 Å². The lowest BCUT2D eigenvalue weighted by atomic mass is 10.0. The Balaban J connectivity index is 1.62. The van der Waals surface area contributed by atoms with Crippen molar-refractivity contribution in [1.29, 1.82) is 0 Å². The lowest BCUT2D eigenvalue weighted by molar-refractivity contribution is -0.133. The van der Waals surface area contributed by atoms with Crippen LogP contribution in [0.4, 0.5) is 5.69 Å². The molecule has 2 aliphatic heterocycles. The largest absolute Gasteiger partial charge is 0.384 e. The highest BCUT2D eigenvalue weighted by Crippen LogP contribution is 2.34. The minimum atomic E-state index is 0.353. The SMILES string of the molecule is Cc1cccc2c1NCCC1CCC(CN(C(=O)CC3CC3)C2)N1C. The molecular formula is C21H31N3O. The Morgan fingerprint density at radius 1 is 1.16 bits per heavy atom. The number of nitrogens with zero attached hydrogens (tertiary/aromatic N) is 2. The van der Waals surface area contributed by atoms with Crippen molar-refractivity contribution in [2.24, 2.45) is 5.92 Å². The summed E-state index contributed by atoms with van der Waals surface area (Å²) in [5.41, 5.74) is 3.79. The lowest BCUT2D eigenvalue weighted by Gasteiger charge is -2.31. The molecule has 3 aliphatic rings. The molecule has 4 rings (SSSR count). The van der Waals surface area contributed by atoms with Crippen LogP contribution in [0.25, 0.3) is 0 Å². The van der Waals surface area contributed by atoms with Crippen molar-refractivity contribution < 1.29 is 4.79 Å². The van der Waals surface area contributed by atoms with Gasteiger partial charge in [-0.05, 0) is 63.1 Å². The molecule has 1 saturated carbocycles. The minimum absolute atomic E-state index is 0.353. The molecule has 2 bridgehead atoms. The lowest BCUT2D eigenvalue weighted by Crippen LogP contribution is -2.43. The number of para-hydroxylation sites is 1. The van der Waals surface area contributed by atoms with Crippen molar-refractivity contribution in [2.45, 2.75) is 64.1 Å². The summed E-state index contributed by atoms with van der Waals surface area (Å²) < 4.78 is 0. The maximum Gasteiger partial charge on any atom is 0.223 e. The number of benzene rings is 1. The summed E-state index contributed by atoms with van der Waals surface area (Å²) in [6.45, 7) is 4.80. The summed E-state index contributed by atoms with van der Waals surface area (Å²) in [5, 5.41) is 3.68. The van der Waals surface area contributed by atoms with Crippen LogP contribution in [-0.4, -0.2) is 47.9 Å². The van der Waals surface area contributed by atoms with Gasteiger partial charge in [0.1, 0.15) is 0 Å². The molecule has 4 heteroatoms. The number of rotatable bonds is 2. The van der Waals surface area contributed by atoms with Gasteiger partial charge in [-0.2, -0.15) is 0 Å². The zero-order valence-corrected chi connectivity index (χ0v) is 15.6. The monoisotopic (exact) mass is 341 g/mol. The molecule has 2 atom stereocenters. The number of nitrogens with one attached hydrogen (secondary N) is 1. The van der Waals surface area contributed by atoms with Gasteiger partial charge in [-0.15, -0.1) is 0 Å². The highest BCUT2D eigenvalue weighted by atomic mass is 16.2. The van der Waals surface area contributed by atoms with E-state index in [4.69, 9.17) is 0 Å². The van der Waals surface area contributed by atoms with Crippen LogP contribution in [0.5, 0.6) is 0 Å². The van der Waals surface area contributed by atoms with E-state index >= 15 is 0 Å². The van der Waals surface area contributed by atoms with Gasteiger partial charge >= 0.3 is 0 Å². The minimum Gasteiger partial charge on any atom is -0.384 e. The molecular weight excluding hydrogens is 310 g/mol. The third kappa shape index (κ3) is 3.69. The molecule has 2 unspecified atom stereocenters. The fraction of sp³-hybridized carbons (Fsp3) is 0.667. The average Bonchev–Trinajstić information content (AvgIpc) is 3.33. The Labute approximate surface area is 151 Å². The van der Waals surface area contributed by atoms with Gasteiger partial charge in [0.2, 0.25) is 5.91 Å². The summed E-state index contributed by atoms with van der Waals surface area (Å²) in [4.78, 5) is 17.6. The Morgan fingerprint density at radius 2 is 1.96 bits per heavy atom. The molecule has 0 spiro atoms. The molecule has 136 valence electrons. The molecule has 1 saturated heterocycles. The normalized spacial score (nSPS) is 27.4.